The van der Waals surface area contributed by atoms with Crippen LogP contribution in [0.4, 0.5) is 0 Å². The summed E-state index contributed by atoms with van der Waals surface area (Å²) in [6.07, 6.45) is 3.50. The molecule has 0 spiro atoms. The molecule has 4 atom stereocenters. The lowest BCUT2D eigenvalue weighted by atomic mass is 9.64. The maximum Gasteiger partial charge on any atom is 0.306 e. The zero-order chi connectivity index (χ0) is 13.0. The number of carbonyl (C=O) groups is 2. The number of carboxylic acid groups (broad SMARTS) is 2. The summed E-state index contributed by atoms with van der Waals surface area (Å²) < 4.78 is 0. The van der Waals surface area contributed by atoms with E-state index in [1.807, 2.05) is 13.8 Å². The Morgan fingerprint density at radius 1 is 1.00 bits per heavy atom. The van der Waals surface area contributed by atoms with Crippen LogP contribution < -0.4 is 0 Å². The van der Waals surface area contributed by atoms with Gasteiger partial charge in [-0.2, -0.15) is 0 Å². The van der Waals surface area contributed by atoms with Crippen LogP contribution in [-0.4, -0.2) is 22.2 Å². The van der Waals surface area contributed by atoms with E-state index < -0.39 is 11.9 Å². The van der Waals surface area contributed by atoms with Crippen LogP contribution >= 0.6 is 0 Å². The van der Waals surface area contributed by atoms with Crippen molar-refractivity contribution in [2.45, 2.75) is 46.0 Å². The summed E-state index contributed by atoms with van der Waals surface area (Å²) in [5.74, 6) is -2.19. The van der Waals surface area contributed by atoms with E-state index >= 15 is 0 Å². The van der Waals surface area contributed by atoms with Crippen molar-refractivity contribution in [2.24, 2.45) is 23.7 Å². The van der Waals surface area contributed by atoms with Crippen molar-refractivity contribution in [3.05, 3.63) is 0 Å². The Hall–Kier alpha value is -1.06. The Labute approximate surface area is 102 Å². The van der Waals surface area contributed by atoms with Gasteiger partial charge in [-0.3, -0.25) is 9.59 Å². The molecule has 0 aromatic rings. The predicted molar refractivity (Wildman–Crippen MR) is 63.7 cm³/mol. The third-order valence-corrected chi connectivity index (χ3v) is 4.10. The Balaban J connectivity index is 2.91. The number of carboxylic acids is 2. The van der Waals surface area contributed by atoms with Crippen molar-refractivity contribution < 1.29 is 19.8 Å². The molecule has 0 heterocycles. The molecule has 1 fully saturated rings. The monoisotopic (exact) mass is 242 g/mol. The first-order valence-corrected chi connectivity index (χ1v) is 6.48. The zero-order valence-electron chi connectivity index (χ0n) is 10.6. The molecule has 17 heavy (non-hydrogen) atoms. The second kappa shape index (κ2) is 6.03. The highest BCUT2D eigenvalue weighted by atomic mass is 16.4. The maximum atomic E-state index is 11.2. The molecule has 0 aromatic carbocycles. The van der Waals surface area contributed by atoms with Gasteiger partial charge < -0.3 is 10.2 Å². The van der Waals surface area contributed by atoms with E-state index in [1.165, 1.54) is 0 Å². The molecule has 2 N–H and O–H groups in total. The van der Waals surface area contributed by atoms with Gasteiger partial charge in [0, 0.05) is 0 Å². The van der Waals surface area contributed by atoms with Crippen molar-refractivity contribution in [1.82, 2.24) is 0 Å². The maximum absolute atomic E-state index is 11.2. The molecule has 0 radical (unpaired) electrons. The molecule has 4 heteroatoms. The van der Waals surface area contributed by atoms with Crippen LogP contribution in [0.1, 0.15) is 46.0 Å². The Bertz CT molecular complexity index is 287. The molecular formula is C13H22O4. The van der Waals surface area contributed by atoms with Gasteiger partial charge in [-0.05, 0) is 31.1 Å². The largest absolute Gasteiger partial charge is 0.481 e. The van der Waals surface area contributed by atoms with Crippen LogP contribution in [0.3, 0.4) is 0 Å². The van der Waals surface area contributed by atoms with Crippen LogP contribution in [0.25, 0.3) is 0 Å². The third-order valence-electron chi connectivity index (χ3n) is 4.10. The van der Waals surface area contributed by atoms with Gasteiger partial charge in [0.15, 0.2) is 0 Å². The fourth-order valence-electron chi connectivity index (χ4n) is 3.33. The third kappa shape index (κ3) is 2.99. The minimum absolute atomic E-state index is 0.0160. The minimum Gasteiger partial charge on any atom is -0.481 e. The first-order valence-electron chi connectivity index (χ1n) is 6.48. The minimum atomic E-state index is -0.762. The van der Waals surface area contributed by atoms with E-state index in [0.717, 1.165) is 19.3 Å². The summed E-state index contributed by atoms with van der Waals surface area (Å²) in [6, 6.07) is 0. The Kier molecular flexibility index (Phi) is 4.97. The van der Waals surface area contributed by atoms with Crippen LogP contribution in [0, 0.1) is 23.7 Å². The molecule has 1 aliphatic carbocycles. The molecule has 0 aromatic heterocycles. The first-order chi connectivity index (χ1) is 8.02. The van der Waals surface area contributed by atoms with E-state index in [2.05, 4.69) is 0 Å². The molecule has 0 amide bonds. The molecule has 4 nitrogen and oxygen atoms in total. The van der Waals surface area contributed by atoms with Crippen molar-refractivity contribution in [2.75, 3.05) is 0 Å². The summed E-state index contributed by atoms with van der Waals surface area (Å²) in [4.78, 5) is 22.4. The molecule has 1 saturated carbocycles. The van der Waals surface area contributed by atoms with Gasteiger partial charge in [0.05, 0.1) is 11.8 Å². The first kappa shape index (κ1) is 14.0. The predicted octanol–water partition coefficient (Wildman–Crippen LogP) is 2.62. The van der Waals surface area contributed by atoms with Crippen molar-refractivity contribution in [3.8, 4) is 0 Å². The standard InChI is InChI=1S/C13H22O4/c1-3-5-9-8(4-2)10(12(14)15)6-7-11(9)13(16)17/h8-11H,3-7H2,1-2H3,(H,14,15)(H,16,17). The van der Waals surface area contributed by atoms with Crippen molar-refractivity contribution in [1.29, 1.82) is 0 Å². The number of aliphatic carboxylic acids is 2. The number of hydrogen-bond donors (Lipinski definition) is 2. The van der Waals surface area contributed by atoms with Crippen LogP contribution in [0.15, 0.2) is 0 Å². The molecule has 0 saturated heterocycles. The van der Waals surface area contributed by atoms with Gasteiger partial charge >= 0.3 is 11.9 Å². The zero-order valence-corrected chi connectivity index (χ0v) is 10.6. The highest BCUT2D eigenvalue weighted by molar-refractivity contribution is 5.73. The average Bonchev–Trinajstić information content (AvgIpc) is 2.28. The summed E-state index contributed by atoms with van der Waals surface area (Å²) in [5.41, 5.74) is 0. The van der Waals surface area contributed by atoms with Crippen LogP contribution in [-0.2, 0) is 9.59 Å². The van der Waals surface area contributed by atoms with Crippen LogP contribution in [0.2, 0.25) is 0 Å². The van der Waals surface area contributed by atoms with E-state index in [0.29, 0.717) is 12.8 Å². The smallest absolute Gasteiger partial charge is 0.306 e. The van der Waals surface area contributed by atoms with E-state index in [9.17, 15) is 19.8 Å². The van der Waals surface area contributed by atoms with Gasteiger partial charge in [0.25, 0.3) is 0 Å². The summed E-state index contributed by atoms with van der Waals surface area (Å²) in [6.45, 7) is 3.99. The Morgan fingerprint density at radius 3 is 1.82 bits per heavy atom. The van der Waals surface area contributed by atoms with Gasteiger partial charge in [-0.15, -0.1) is 0 Å². The second-order valence-electron chi connectivity index (χ2n) is 4.99. The fraction of sp³-hybridized carbons (Fsp3) is 0.846. The molecule has 0 aliphatic heterocycles. The second-order valence-corrected chi connectivity index (χ2v) is 4.99. The van der Waals surface area contributed by atoms with E-state index in [4.69, 9.17) is 0 Å². The van der Waals surface area contributed by atoms with Crippen molar-refractivity contribution >= 4 is 11.9 Å². The summed E-state index contributed by atoms with van der Waals surface area (Å²) in [5, 5.41) is 18.4. The fourth-order valence-corrected chi connectivity index (χ4v) is 3.33. The molecule has 98 valence electrons. The van der Waals surface area contributed by atoms with Gasteiger partial charge in [-0.1, -0.05) is 26.7 Å². The molecular weight excluding hydrogens is 220 g/mol. The number of hydrogen-bond acceptors (Lipinski definition) is 2. The van der Waals surface area contributed by atoms with E-state index in [-0.39, 0.29) is 23.7 Å². The van der Waals surface area contributed by atoms with Gasteiger partial charge in [0.1, 0.15) is 0 Å². The van der Waals surface area contributed by atoms with Gasteiger partial charge in [-0.25, -0.2) is 0 Å². The SMILES string of the molecule is CCCC1C(C(=O)O)CCC(C(=O)O)C1CC. The van der Waals surface area contributed by atoms with Crippen molar-refractivity contribution in [3.63, 3.8) is 0 Å². The lowest BCUT2D eigenvalue weighted by Crippen LogP contribution is -2.41. The topological polar surface area (TPSA) is 74.6 Å². The van der Waals surface area contributed by atoms with Gasteiger partial charge in [0.2, 0.25) is 0 Å². The highest BCUT2D eigenvalue weighted by Crippen LogP contribution is 2.43. The molecule has 4 unspecified atom stereocenters. The lowest BCUT2D eigenvalue weighted by Gasteiger charge is -2.39. The molecule has 1 aliphatic rings. The summed E-state index contributed by atoms with van der Waals surface area (Å²) >= 11 is 0. The average molecular weight is 242 g/mol. The van der Waals surface area contributed by atoms with E-state index in [1.54, 1.807) is 0 Å². The highest BCUT2D eigenvalue weighted by Gasteiger charge is 2.43. The quantitative estimate of drug-likeness (QED) is 0.777. The number of rotatable bonds is 5. The van der Waals surface area contributed by atoms with Crippen LogP contribution in [0.5, 0.6) is 0 Å². The summed E-state index contributed by atoms with van der Waals surface area (Å²) in [7, 11) is 0. The normalized spacial score (nSPS) is 33.3. The molecule has 1 rings (SSSR count). The molecule has 0 bridgehead atoms. The Morgan fingerprint density at radius 2 is 1.47 bits per heavy atom. The lowest BCUT2D eigenvalue weighted by molar-refractivity contribution is -0.155.